The number of amides is 1. The molecule has 0 bridgehead atoms. The Morgan fingerprint density at radius 2 is 2.00 bits per heavy atom. The van der Waals surface area contributed by atoms with Crippen molar-refractivity contribution in [2.45, 2.75) is 38.4 Å². The van der Waals surface area contributed by atoms with Crippen molar-refractivity contribution >= 4 is 46.1 Å². The number of carbonyl (C=O) groups is 1. The van der Waals surface area contributed by atoms with Gasteiger partial charge in [-0.3, -0.25) is 4.79 Å². The van der Waals surface area contributed by atoms with Gasteiger partial charge in [-0.2, -0.15) is 5.10 Å². The number of aromatic nitrogens is 4. The first-order chi connectivity index (χ1) is 15.6. The maximum absolute atomic E-state index is 12.3. The topological polar surface area (TPSA) is 94.0 Å². The molecule has 1 amide bonds. The normalized spacial score (nSPS) is 11.1. The second-order valence-electron chi connectivity index (χ2n) is 7.09. The van der Waals surface area contributed by atoms with Gasteiger partial charge in [-0.25, -0.2) is 14.6 Å². The molecule has 172 valence electrons. The van der Waals surface area contributed by atoms with Crippen molar-refractivity contribution in [3.05, 3.63) is 41.0 Å². The molecule has 0 saturated carbocycles. The summed E-state index contributed by atoms with van der Waals surface area (Å²) in [6.07, 6.45) is 3.12. The Morgan fingerprint density at radius 1 is 1.19 bits per heavy atom. The summed E-state index contributed by atoms with van der Waals surface area (Å²) >= 11 is 7.52. The highest BCUT2D eigenvalue weighted by molar-refractivity contribution is 7.99. The summed E-state index contributed by atoms with van der Waals surface area (Å²) in [5.74, 6) is 1.65. The molecule has 3 rings (SSSR count). The first-order valence-corrected chi connectivity index (χ1v) is 12.2. The number of rotatable bonds is 13. The van der Waals surface area contributed by atoms with Gasteiger partial charge in [0.25, 0.3) is 0 Å². The van der Waals surface area contributed by atoms with E-state index >= 15 is 0 Å². The molecule has 2 aromatic heterocycles. The van der Waals surface area contributed by atoms with Crippen LogP contribution in [0.2, 0.25) is 5.02 Å². The average molecular weight is 477 g/mol. The number of hydrogen-bond donors (Lipinski definition) is 2. The third-order valence-electron chi connectivity index (χ3n) is 4.58. The van der Waals surface area contributed by atoms with Crippen molar-refractivity contribution in [1.29, 1.82) is 0 Å². The van der Waals surface area contributed by atoms with Crippen LogP contribution >= 0.6 is 23.4 Å². The predicted octanol–water partition coefficient (Wildman–Crippen LogP) is 3.79. The zero-order valence-electron chi connectivity index (χ0n) is 18.4. The number of fused-ring (bicyclic) bond motifs is 1. The summed E-state index contributed by atoms with van der Waals surface area (Å²) in [4.78, 5) is 21.6. The molecule has 0 saturated heterocycles. The Morgan fingerprint density at radius 3 is 2.75 bits per heavy atom. The van der Waals surface area contributed by atoms with Gasteiger partial charge in [0, 0.05) is 30.5 Å². The lowest BCUT2D eigenvalue weighted by Gasteiger charge is -2.10. The maximum Gasteiger partial charge on any atom is 0.224 e. The summed E-state index contributed by atoms with van der Waals surface area (Å²) in [7, 11) is 0. The summed E-state index contributed by atoms with van der Waals surface area (Å²) in [5, 5.41) is 13.0. The van der Waals surface area contributed by atoms with E-state index in [1.807, 2.05) is 23.7 Å². The molecule has 0 aliphatic rings. The van der Waals surface area contributed by atoms with Crippen LogP contribution in [0, 0.1) is 0 Å². The van der Waals surface area contributed by atoms with E-state index in [1.54, 1.807) is 30.1 Å². The van der Waals surface area contributed by atoms with Crippen molar-refractivity contribution in [2.75, 3.05) is 37.4 Å². The van der Waals surface area contributed by atoms with Crippen LogP contribution in [-0.2, 0) is 22.5 Å². The van der Waals surface area contributed by atoms with E-state index < -0.39 is 0 Å². The number of nitrogens with one attached hydrogen (secondary N) is 2. The number of anilines is 1. The van der Waals surface area contributed by atoms with Crippen LogP contribution in [0.25, 0.3) is 11.0 Å². The van der Waals surface area contributed by atoms with Gasteiger partial charge in [0.1, 0.15) is 5.82 Å². The minimum Gasteiger partial charge on any atom is -0.380 e. The SMILES string of the molecule is CCCSc1nc(NCCOCC)c2cnn(CCNC(=O)Cc3ccc(Cl)cc3)c2n1. The molecule has 3 aromatic rings. The van der Waals surface area contributed by atoms with Crippen molar-refractivity contribution in [1.82, 2.24) is 25.1 Å². The quantitative estimate of drug-likeness (QED) is 0.220. The number of ether oxygens (including phenoxy) is 1. The minimum atomic E-state index is -0.0455. The van der Waals surface area contributed by atoms with Gasteiger partial charge in [-0.1, -0.05) is 42.4 Å². The third-order valence-corrected chi connectivity index (χ3v) is 5.88. The van der Waals surface area contributed by atoms with Crippen molar-refractivity contribution < 1.29 is 9.53 Å². The molecule has 0 spiro atoms. The summed E-state index contributed by atoms with van der Waals surface area (Å²) in [6, 6.07) is 7.28. The van der Waals surface area contributed by atoms with Crippen molar-refractivity contribution in [2.24, 2.45) is 0 Å². The summed E-state index contributed by atoms with van der Waals surface area (Å²) in [6.45, 7) is 7.02. The molecule has 8 nitrogen and oxygen atoms in total. The highest BCUT2D eigenvalue weighted by Crippen LogP contribution is 2.24. The minimum absolute atomic E-state index is 0.0455. The molecule has 2 heterocycles. The van der Waals surface area contributed by atoms with E-state index in [0.29, 0.717) is 49.4 Å². The van der Waals surface area contributed by atoms with Crippen LogP contribution in [0.1, 0.15) is 25.8 Å². The Bertz CT molecular complexity index is 1010. The Hall–Kier alpha value is -2.36. The lowest BCUT2D eigenvalue weighted by atomic mass is 10.1. The second-order valence-corrected chi connectivity index (χ2v) is 8.58. The van der Waals surface area contributed by atoms with E-state index in [4.69, 9.17) is 21.3 Å². The summed E-state index contributed by atoms with van der Waals surface area (Å²) < 4.78 is 7.22. The molecule has 10 heteroatoms. The molecule has 0 aliphatic heterocycles. The monoisotopic (exact) mass is 476 g/mol. The molecular weight excluding hydrogens is 448 g/mol. The highest BCUT2D eigenvalue weighted by Gasteiger charge is 2.13. The van der Waals surface area contributed by atoms with Crippen LogP contribution in [0.4, 0.5) is 5.82 Å². The Balaban J connectivity index is 1.64. The molecular formula is C22H29ClN6O2S. The smallest absolute Gasteiger partial charge is 0.224 e. The van der Waals surface area contributed by atoms with Gasteiger partial charge < -0.3 is 15.4 Å². The lowest BCUT2D eigenvalue weighted by molar-refractivity contribution is -0.120. The van der Waals surface area contributed by atoms with Gasteiger partial charge in [0.05, 0.1) is 31.2 Å². The maximum atomic E-state index is 12.3. The Kier molecular flexibility index (Phi) is 9.58. The first-order valence-electron chi connectivity index (χ1n) is 10.8. The average Bonchev–Trinajstić information content (AvgIpc) is 3.20. The Labute approximate surface area is 197 Å². The molecule has 1 aromatic carbocycles. The van der Waals surface area contributed by atoms with Crippen LogP contribution in [-0.4, -0.2) is 57.7 Å². The highest BCUT2D eigenvalue weighted by atomic mass is 35.5. The van der Waals surface area contributed by atoms with Crippen LogP contribution in [0.3, 0.4) is 0 Å². The molecule has 0 aliphatic carbocycles. The number of carbonyl (C=O) groups excluding carboxylic acids is 1. The van der Waals surface area contributed by atoms with Crippen LogP contribution < -0.4 is 10.6 Å². The standard InChI is InChI=1S/C22H29ClN6O2S/c1-3-13-32-22-27-20(25-10-12-31-4-2)18-15-26-29(21(18)28-22)11-9-24-19(30)14-16-5-7-17(23)8-6-16/h5-8,15H,3-4,9-14H2,1-2H3,(H,24,30)(H,25,27,28). The molecule has 0 fully saturated rings. The molecule has 2 N–H and O–H groups in total. The molecule has 32 heavy (non-hydrogen) atoms. The molecule has 0 radical (unpaired) electrons. The predicted molar refractivity (Wildman–Crippen MR) is 129 cm³/mol. The first kappa shape index (κ1) is 24.3. The fourth-order valence-electron chi connectivity index (χ4n) is 3.03. The van der Waals surface area contributed by atoms with E-state index in [1.165, 1.54) is 0 Å². The van der Waals surface area contributed by atoms with E-state index in [-0.39, 0.29) is 5.91 Å². The largest absolute Gasteiger partial charge is 0.380 e. The number of hydrogen-bond acceptors (Lipinski definition) is 7. The van der Waals surface area contributed by atoms with E-state index in [9.17, 15) is 4.79 Å². The van der Waals surface area contributed by atoms with Crippen LogP contribution in [0.5, 0.6) is 0 Å². The van der Waals surface area contributed by atoms with Crippen LogP contribution in [0.15, 0.2) is 35.6 Å². The van der Waals surface area contributed by atoms with E-state index in [0.717, 1.165) is 34.6 Å². The fraction of sp³-hybridized carbons (Fsp3) is 0.455. The molecule has 0 atom stereocenters. The zero-order chi connectivity index (χ0) is 22.8. The summed E-state index contributed by atoms with van der Waals surface area (Å²) in [5.41, 5.74) is 1.68. The number of nitrogens with zero attached hydrogens (tertiary/aromatic N) is 4. The molecule has 0 unspecified atom stereocenters. The van der Waals surface area contributed by atoms with Gasteiger partial charge in [-0.15, -0.1) is 0 Å². The van der Waals surface area contributed by atoms with Gasteiger partial charge in [0.2, 0.25) is 5.91 Å². The lowest BCUT2D eigenvalue weighted by Crippen LogP contribution is -2.28. The third kappa shape index (κ3) is 7.08. The van der Waals surface area contributed by atoms with Gasteiger partial charge in [-0.05, 0) is 31.0 Å². The van der Waals surface area contributed by atoms with Crippen molar-refractivity contribution in [3.8, 4) is 0 Å². The zero-order valence-corrected chi connectivity index (χ0v) is 20.0. The number of halogens is 1. The number of thioether (sulfide) groups is 1. The fourth-order valence-corrected chi connectivity index (χ4v) is 3.85. The van der Waals surface area contributed by atoms with E-state index in [2.05, 4.69) is 27.6 Å². The van der Waals surface area contributed by atoms with Crippen molar-refractivity contribution in [3.63, 3.8) is 0 Å². The number of benzene rings is 1. The van der Waals surface area contributed by atoms with Gasteiger partial charge >= 0.3 is 0 Å². The van der Waals surface area contributed by atoms with Gasteiger partial charge in [0.15, 0.2) is 10.8 Å². The second kappa shape index (κ2) is 12.6.